The summed E-state index contributed by atoms with van der Waals surface area (Å²) in [6, 6.07) is 13.1. The zero-order chi connectivity index (χ0) is 21.8. The maximum atomic E-state index is 11.7. The first-order valence-electron chi connectivity index (χ1n) is 10.5. The molecule has 0 aliphatic carbocycles. The van der Waals surface area contributed by atoms with Gasteiger partial charge in [0.25, 0.3) is 0 Å². The molecule has 4 rings (SSSR count). The normalized spacial score (nSPS) is 17.0. The highest BCUT2D eigenvalue weighted by atomic mass is 32.2. The minimum absolute atomic E-state index is 0.281. The fraction of sp³-hybridized carbons (Fsp3) is 0.348. The van der Waals surface area contributed by atoms with Crippen molar-refractivity contribution in [3.05, 3.63) is 60.6 Å². The summed E-state index contributed by atoms with van der Waals surface area (Å²) in [4.78, 5) is 9.97. The number of hydrogen-bond acceptors (Lipinski definition) is 6. The molecule has 1 fully saturated rings. The molecule has 1 unspecified atom stereocenters. The van der Waals surface area contributed by atoms with Gasteiger partial charge in [-0.3, -0.25) is 0 Å². The molecule has 0 spiro atoms. The number of benzene rings is 2. The number of hydrogen-bond donors (Lipinski definition) is 2. The van der Waals surface area contributed by atoms with Crippen LogP contribution in [0.4, 0.5) is 11.5 Å². The minimum atomic E-state index is -3.23. The zero-order valence-corrected chi connectivity index (χ0v) is 18.7. The minimum Gasteiger partial charge on any atom is -0.457 e. The molecule has 0 radical (unpaired) electrons. The van der Waals surface area contributed by atoms with Crippen LogP contribution in [0.2, 0.25) is 0 Å². The number of rotatable bonds is 8. The fourth-order valence-electron chi connectivity index (χ4n) is 4.07. The van der Waals surface area contributed by atoms with Gasteiger partial charge in [0.05, 0.1) is 11.2 Å². The molecule has 2 aromatic carbocycles. The highest BCUT2D eigenvalue weighted by molar-refractivity contribution is 7.90. The van der Waals surface area contributed by atoms with Crippen molar-refractivity contribution in [3.8, 4) is 11.5 Å². The van der Waals surface area contributed by atoms with Crippen LogP contribution in [0.15, 0.2) is 59.9 Å². The quantitative estimate of drug-likeness (QED) is 0.541. The third-order valence-corrected chi connectivity index (χ3v) is 6.80. The second-order valence-electron chi connectivity index (χ2n) is 7.88. The van der Waals surface area contributed by atoms with Gasteiger partial charge < -0.3 is 19.9 Å². The summed E-state index contributed by atoms with van der Waals surface area (Å²) in [5, 5.41) is 3.31. The largest absolute Gasteiger partial charge is 0.457 e. The molecule has 7 nitrogen and oxygen atoms in total. The Morgan fingerprint density at radius 2 is 2.03 bits per heavy atom. The average molecular weight is 441 g/mol. The Morgan fingerprint density at radius 1 is 1.23 bits per heavy atom. The molecule has 1 aliphatic heterocycles. The Balaban J connectivity index is 1.60. The fourth-order valence-corrected chi connectivity index (χ4v) is 4.70. The van der Waals surface area contributed by atoms with Gasteiger partial charge in [-0.2, -0.15) is 0 Å². The van der Waals surface area contributed by atoms with Crippen LogP contribution in [0.25, 0.3) is 0 Å². The third-order valence-electron chi connectivity index (χ3n) is 5.67. The number of likely N-dealkylation sites (tertiary alicyclic amines) is 1. The maximum Gasteiger partial charge on any atom is 0.175 e. The van der Waals surface area contributed by atoms with E-state index in [0.717, 1.165) is 42.3 Å². The molecule has 0 saturated carbocycles. The van der Waals surface area contributed by atoms with Crippen molar-refractivity contribution in [1.82, 2.24) is 14.9 Å². The summed E-state index contributed by atoms with van der Waals surface area (Å²) in [6.07, 6.45) is 7.93. The van der Waals surface area contributed by atoms with Gasteiger partial charge in [0.2, 0.25) is 0 Å². The van der Waals surface area contributed by atoms with Crippen LogP contribution in [0, 0.1) is 0 Å². The van der Waals surface area contributed by atoms with E-state index in [0.29, 0.717) is 11.8 Å². The van der Waals surface area contributed by atoms with Gasteiger partial charge >= 0.3 is 0 Å². The predicted molar refractivity (Wildman–Crippen MR) is 122 cm³/mol. The summed E-state index contributed by atoms with van der Waals surface area (Å²) in [5.41, 5.74) is 2.06. The van der Waals surface area contributed by atoms with Gasteiger partial charge in [-0.25, -0.2) is 13.4 Å². The van der Waals surface area contributed by atoms with Gasteiger partial charge in [0, 0.05) is 24.2 Å². The topological polar surface area (TPSA) is 87.3 Å². The van der Waals surface area contributed by atoms with Crippen molar-refractivity contribution in [3.63, 3.8) is 0 Å². The van der Waals surface area contributed by atoms with Gasteiger partial charge in [-0.05, 0) is 80.4 Å². The molecule has 1 saturated heterocycles. The molecular formula is C23H28N4O3S. The second kappa shape index (κ2) is 9.11. The first-order chi connectivity index (χ1) is 14.9. The number of aromatic amines is 1. The SMILES string of the molecule is CCN1CCCC1Cc1cc(Nc2c[nH]cn2)ccc1Oc1ccc(S(C)(=O)=O)cc1. The van der Waals surface area contributed by atoms with Crippen LogP contribution >= 0.6 is 0 Å². The lowest BCUT2D eigenvalue weighted by Gasteiger charge is -2.24. The second-order valence-corrected chi connectivity index (χ2v) is 9.89. The van der Waals surface area contributed by atoms with E-state index in [1.807, 2.05) is 18.3 Å². The van der Waals surface area contributed by atoms with Crippen LogP contribution in [0.3, 0.4) is 0 Å². The number of imidazole rings is 1. The van der Waals surface area contributed by atoms with Crippen molar-refractivity contribution in [2.24, 2.45) is 0 Å². The molecular weight excluding hydrogens is 412 g/mol. The molecule has 2 heterocycles. The predicted octanol–water partition coefficient (Wildman–Crippen LogP) is 4.38. The van der Waals surface area contributed by atoms with Crippen molar-refractivity contribution in [2.75, 3.05) is 24.7 Å². The van der Waals surface area contributed by atoms with Gasteiger partial charge in [-0.1, -0.05) is 6.92 Å². The number of aromatic nitrogens is 2. The van der Waals surface area contributed by atoms with E-state index in [1.165, 1.54) is 19.1 Å². The molecule has 1 aliphatic rings. The monoisotopic (exact) mass is 440 g/mol. The average Bonchev–Trinajstić information content (AvgIpc) is 3.41. The molecule has 8 heteroatoms. The Labute approximate surface area is 183 Å². The number of anilines is 2. The number of H-pyrrole nitrogens is 1. The summed E-state index contributed by atoms with van der Waals surface area (Å²) in [7, 11) is -3.23. The number of nitrogens with one attached hydrogen (secondary N) is 2. The first kappa shape index (κ1) is 21.4. The summed E-state index contributed by atoms with van der Waals surface area (Å²) >= 11 is 0. The Morgan fingerprint density at radius 3 is 2.71 bits per heavy atom. The number of ether oxygens (including phenoxy) is 1. The Hall–Kier alpha value is -2.84. The number of nitrogens with zero attached hydrogens (tertiary/aromatic N) is 2. The lowest BCUT2D eigenvalue weighted by Crippen LogP contribution is -2.30. The van der Waals surface area contributed by atoms with E-state index < -0.39 is 9.84 Å². The number of likely N-dealkylation sites (N-methyl/N-ethyl adjacent to an activating group) is 1. The van der Waals surface area contributed by atoms with Gasteiger partial charge in [0.1, 0.15) is 17.3 Å². The Bertz CT molecular complexity index is 1110. The van der Waals surface area contributed by atoms with Gasteiger partial charge in [0.15, 0.2) is 9.84 Å². The molecule has 1 atom stereocenters. The van der Waals surface area contributed by atoms with Crippen molar-refractivity contribution >= 4 is 21.3 Å². The van der Waals surface area contributed by atoms with E-state index >= 15 is 0 Å². The van der Waals surface area contributed by atoms with Crippen LogP contribution in [-0.4, -0.2) is 48.7 Å². The highest BCUT2D eigenvalue weighted by Gasteiger charge is 2.24. The number of sulfone groups is 1. The van der Waals surface area contributed by atoms with E-state index in [-0.39, 0.29) is 4.90 Å². The zero-order valence-electron chi connectivity index (χ0n) is 17.8. The first-order valence-corrected chi connectivity index (χ1v) is 12.4. The molecule has 0 bridgehead atoms. The standard InChI is InChI=1S/C23H28N4O3S/c1-3-27-12-4-5-19(27)14-17-13-18(26-23-15-24-16-25-23)6-11-22(17)30-20-7-9-21(10-8-20)31(2,28)29/h6-11,13,15-16,19,26H,3-5,12,14H2,1-2H3,(H,24,25). The maximum absolute atomic E-state index is 11.7. The van der Waals surface area contributed by atoms with Crippen LogP contribution < -0.4 is 10.1 Å². The Kier molecular flexibility index (Phi) is 6.29. The molecule has 0 amide bonds. The highest BCUT2D eigenvalue weighted by Crippen LogP contribution is 2.32. The van der Waals surface area contributed by atoms with Crippen LogP contribution in [-0.2, 0) is 16.3 Å². The lowest BCUT2D eigenvalue weighted by atomic mass is 10.0. The lowest BCUT2D eigenvalue weighted by molar-refractivity contribution is 0.264. The summed E-state index contributed by atoms with van der Waals surface area (Å²) in [6.45, 7) is 4.38. The molecule has 2 N–H and O–H groups in total. The van der Waals surface area contributed by atoms with E-state index in [9.17, 15) is 8.42 Å². The van der Waals surface area contributed by atoms with E-state index in [4.69, 9.17) is 4.74 Å². The molecule has 1 aromatic heterocycles. The van der Waals surface area contributed by atoms with Crippen LogP contribution in [0.5, 0.6) is 11.5 Å². The van der Waals surface area contributed by atoms with Crippen molar-refractivity contribution < 1.29 is 13.2 Å². The molecule has 31 heavy (non-hydrogen) atoms. The van der Waals surface area contributed by atoms with E-state index in [2.05, 4.69) is 33.2 Å². The summed E-state index contributed by atoms with van der Waals surface area (Å²) in [5.74, 6) is 2.15. The van der Waals surface area contributed by atoms with E-state index in [1.54, 1.807) is 30.6 Å². The van der Waals surface area contributed by atoms with Gasteiger partial charge in [-0.15, -0.1) is 0 Å². The van der Waals surface area contributed by atoms with Crippen molar-refractivity contribution in [2.45, 2.75) is 37.1 Å². The van der Waals surface area contributed by atoms with Crippen LogP contribution in [0.1, 0.15) is 25.3 Å². The molecule has 3 aromatic rings. The summed E-state index contributed by atoms with van der Waals surface area (Å²) < 4.78 is 29.6. The van der Waals surface area contributed by atoms with Crippen molar-refractivity contribution in [1.29, 1.82) is 0 Å². The third kappa shape index (κ3) is 5.26. The smallest absolute Gasteiger partial charge is 0.175 e. The molecule has 164 valence electrons.